The van der Waals surface area contributed by atoms with Gasteiger partial charge in [0, 0.05) is 6.54 Å². The van der Waals surface area contributed by atoms with Gasteiger partial charge in [-0.05, 0) is 34.9 Å². The monoisotopic (exact) mass is 260 g/mol. The van der Waals surface area contributed by atoms with E-state index in [4.69, 9.17) is 0 Å². The lowest BCUT2D eigenvalue weighted by molar-refractivity contribution is 0.237. The molecule has 4 heteroatoms. The maximum atomic E-state index is 11.7. The molecule has 0 radical (unpaired) electrons. The quantitative estimate of drug-likeness (QED) is 0.870. The van der Waals surface area contributed by atoms with Crippen molar-refractivity contribution in [3.63, 3.8) is 0 Å². The number of carbonyl (C=O) groups excluding carboxylic acids is 1. The summed E-state index contributed by atoms with van der Waals surface area (Å²) < 4.78 is 0. The molecule has 0 aliphatic rings. The molecule has 1 aromatic carbocycles. The number of hydrogen-bond donors (Lipinski definition) is 2. The SMILES string of the molecule is CC(NC(=O)NCc1ccccc1)c1ccsc1. The summed E-state index contributed by atoms with van der Waals surface area (Å²) in [5.41, 5.74) is 2.23. The number of urea groups is 1. The maximum absolute atomic E-state index is 11.7. The molecular weight excluding hydrogens is 244 g/mol. The number of nitrogens with one attached hydrogen (secondary N) is 2. The third-order valence-corrected chi connectivity index (χ3v) is 3.39. The minimum absolute atomic E-state index is 0.0343. The molecular formula is C14H16N2OS. The van der Waals surface area contributed by atoms with Crippen LogP contribution in [-0.2, 0) is 6.54 Å². The molecule has 1 unspecified atom stereocenters. The van der Waals surface area contributed by atoms with Crippen molar-refractivity contribution in [2.45, 2.75) is 19.5 Å². The van der Waals surface area contributed by atoms with E-state index in [2.05, 4.69) is 10.6 Å². The average Bonchev–Trinajstić information content (AvgIpc) is 2.91. The zero-order valence-electron chi connectivity index (χ0n) is 10.2. The Morgan fingerprint density at radius 3 is 2.72 bits per heavy atom. The second-order valence-electron chi connectivity index (χ2n) is 4.09. The molecule has 1 atom stereocenters. The number of rotatable bonds is 4. The lowest BCUT2D eigenvalue weighted by Gasteiger charge is -2.13. The number of amides is 2. The van der Waals surface area contributed by atoms with Crippen molar-refractivity contribution >= 4 is 17.4 Å². The van der Waals surface area contributed by atoms with Crippen molar-refractivity contribution in [3.05, 3.63) is 58.3 Å². The van der Waals surface area contributed by atoms with Gasteiger partial charge in [0.05, 0.1) is 6.04 Å². The fourth-order valence-electron chi connectivity index (χ4n) is 1.63. The van der Waals surface area contributed by atoms with Gasteiger partial charge in [0.2, 0.25) is 0 Å². The number of carbonyl (C=O) groups is 1. The van der Waals surface area contributed by atoms with Gasteiger partial charge in [-0.25, -0.2) is 4.79 Å². The van der Waals surface area contributed by atoms with Gasteiger partial charge in [-0.3, -0.25) is 0 Å². The first-order valence-electron chi connectivity index (χ1n) is 5.86. The Kier molecular flexibility index (Phi) is 4.36. The first kappa shape index (κ1) is 12.6. The van der Waals surface area contributed by atoms with Gasteiger partial charge >= 0.3 is 6.03 Å². The maximum Gasteiger partial charge on any atom is 0.315 e. The molecule has 0 saturated heterocycles. The molecule has 0 aliphatic carbocycles. The number of benzene rings is 1. The number of thiophene rings is 1. The Bertz CT molecular complexity index is 482. The summed E-state index contributed by atoms with van der Waals surface area (Å²) in [6, 6.07) is 11.8. The van der Waals surface area contributed by atoms with E-state index in [1.165, 1.54) is 0 Å². The third-order valence-electron chi connectivity index (χ3n) is 2.69. The highest BCUT2D eigenvalue weighted by Crippen LogP contribution is 2.15. The van der Waals surface area contributed by atoms with E-state index in [-0.39, 0.29) is 12.1 Å². The molecule has 94 valence electrons. The molecule has 0 fully saturated rings. The topological polar surface area (TPSA) is 41.1 Å². The van der Waals surface area contributed by atoms with E-state index in [0.29, 0.717) is 6.54 Å². The van der Waals surface area contributed by atoms with Crippen LogP contribution in [0.25, 0.3) is 0 Å². The molecule has 2 N–H and O–H groups in total. The van der Waals surface area contributed by atoms with Gasteiger partial charge in [-0.2, -0.15) is 11.3 Å². The van der Waals surface area contributed by atoms with Crippen LogP contribution in [0.3, 0.4) is 0 Å². The Hall–Kier alpha value is -1.81. The van der Waals surface area contributed by atoms with Crippen LogP contribution in [0, 0.1) is 0 Å². The zero-order chi connectivity index (χ0) is 12.8. The largest absolute Gasteiger partial charge is 0.334 e. The highest BCUT2D eigenvalue weighted by molar-refractivity contribution is 7.07. The average molecular weight is 260 g/mol. The van der Waals surface area contributed by atoms with Gasteiger partial charge in [0.1, 0.15) is 0 Å². The second-order valence-corrected chi connectivity index (χ2v) is 4.87. The lowest BCUT2D eigenvalue weighted by atomic mass is 10.2. The summed E-state index contributed by atoms with van der Waals surface area (Å²) in [5, 5.41) is 9.81. The Balaban J connectivity index is 1.79. The van der Waals surface area contributed by atoms with Crippen molar-refractivity contribution in [1.82, 2.24) is 10.6 Å². The van der Waals surface area contributed by atoms with Gasteiger partial charge < -0.3 is 10.6 Å². The summed E-state index contributed by atoms with van der Waals surface area (Å²) in [7, 11) is 0. The highest BCUT2D eigenvalue weighted by atomic mass is 32.1. The summed E-state index contributed by atoms with van der Waals surface area (Å²) in [6.07, 6.45) is 0. The molecule has 1 aromatic heterocycles. The summed E-state index contributed by atoms with van der Waals surface area (Å²) >= 11 is 1.63. The van der Waals surface area contributed by atoms with Crippen molar-refractivity contribution in [2.75, 3.05) is 0 Å². The Morgan fingerprint density at radius 1 is 1.28 bits per heavy atom. The summed E-state index contributed by atoms with van der Waals surface area (Å²) in [6.45, 7) is 2.52. The first-order chi connectivity index (χ1) is 8.75. The van der Waals surface area contributed by atoms with Crippen molar-refractivity contribution in [2.24, 2.45) is 0 Å². The molecule has 2 amide bonds. The standard InChI is InChI=1S/C14H16N2OS/c1-11(13-7-8-18-10-13)16-14(17)15-9-12-5-3-2-4-6-12/h2-8,10-11H,9H2,1H3,(H2,15,16,17). The van der Waals surface area contributed by atoms with Crippen LogP contribution in [0.2, 0.25) is 0 Å². The van der Waals surface area contributed by atoms with Gasteiger partial charge in [0.15, 0.2) is 0 Å². The normalized spacial score (nSPS) is 11.8. The fourth-order valence-corrected chi connectivity index (χ4v) is 2.38. The molecule has 0 bridgehead atoms. The number of hydrogen-bond acceptors (Lipinski definition) is 2. The minimum atomic E-state index is -0.141. The third kappa shape index (κ3) is 3.60. The fraction of sp³-hybridized carbons (Fsp3) is 0.214. The minimum Gasteiger partial charge on any atom is -0.334 e. The Morgan fingerprint density at radius 2 is 2.06 bits per heavy atom. The van der Waals surface area contributed by atoms with Crippen molar-refractivity contribution in [1.29, 1.82) is 0 Å². The van der Waals surface area contributed by atoms with Crippen molar-refractivity contribution < 1.29 is 4.79 Å². The second kappa shape index (κ2) is 6.21. The van der Waals surface area contributed by atoms with E-state index >= 15 is 0 Å². The van der Waals surface area contributed by atoms with Crippen LogP contribution >= 0.6 is 11.3 Å². The molecule has 3 nitrogen and oxygen atoms in total. The van der Waals surface area contributed by atoms with Crippen LogP contribution in [-0.4, -0.2) is 6.03 Å². The lowest BCUT2D eigenvalue weighted by Crippen LogP contribution is -2.36. The predicted octanol–water partition coefficient (Wildman–Crippen LogP) is 3.31. The molecule has 0 spiro atoms. The van der Waals surface area contributed by atoms with E-state index in [1.54, 1.807) is 11.3 Å². The van der Waals surface area contributed by atoms with Crippen LogP contribution in [0.15, 0.2) is 47.2 Å². The first-order valence-corrected chi connectivity index (χ1v) is 6.80. The van der Waals surface area contributed by atoms with Gasteiger partial charge in [0.25, 0.3) is 0 Å². The smallest absolute Gasteiger partial charge is 0.315 e. The molecule has 2 rings (SSSR count). The molecule has 0 saturated carbocycles. The van der Waals surface area contributed by atoms with Crippen LogP contribution in [0.4, 0.5) is 4.79 Å². The van der Waals surface area contributed by atoms with E-state index in [9.17, 15) is 4.79 Å². The summed E-state index contributed by atoms with van der Waals surface area (Å²) in [4.78, 5) is 11.7. The predicted molar refractivity (Wildman–Crippen MR) is 74.5 cm³/mol. The van der Waals surface area contributed by atoms with Gasteiger partial charge in [-0.1, -0.05) is 30.3 Å². The van der Waals surface area contributed by atoms with Crippen LogP contribution < -0.4 is 10.6 Å². The summed E-state index contributed by atoms with van der Waals surface area (Å²) in [5.74, 6) is 0. The molecule has 0 aliphatic heterocycles. The van der Waals surface area contributed by atoms with Crippen LogP contribution in [0.1, 0.15) is 24.1 Å². The molecule has 2 aromatic rings. The molecule has 18 heavy (non-hydrogen) atoms. The highest BCUT2D eigenvalue weighted by Gasteiger charge is 2.08. The van der Waals surface area contributed by atoms with Gasteiger partial charge in [-0.15, -0.1) is 0 Å². The van der Waals surface area contributed by atoms with E-state index in [1.807, 2.05) is 54.1 Å². The molecule has 1 heterocycles. The van der Waals surface area contributed by atoms with Crippen molar-refractivity contribution in [3.8, 4) is 0 Å². The van der Waals surface area contributed by atoms with Crippen LogP contribution in [0.5, 0.6) is 0 Å². The van der Waals surface area contributed by atoms with E-state index < -0.39 is 0 Å². The zero-order valence-corrected chi connectivity index (χ0v) is 11.0. The Labute approximate surface area is 111 Å². The van der Waals surface area contributed by atoms with E-state index in [0.717, 1.165) is 11.1 Å².